The molecule has 0 aliphatic heterocycles. The molecule has 3 N–H and O–H groups in total. The number of ether oxygens (including phenoxy) is 1. The summed E-state index contributed by atoms with van der Waals surface area (Å²) in [6.07, 6.45) is -0.241. The van der Waals surface area contributed by atoms with Gasteiger partial charge in [-0.15, -0.1) is 0 Å². The van der Waals surface area contributed by atoms with Crippen molar-refractivity contribution in [2.75, 3.05) is 11.5 Å². The van der Waals surface area contributed by atoms with E-state index in [1.165, 1.54) is 4.90 Å². The summed E-state index contributed by atoms with van der Waals surface area (Å²) in [6.45, 7) is 3.94. The lowest BCUT2D eigenvalue weighted by atomic mass is 10.0. The van der Waals surface area contributed by atoms with Crippen molar-refractivity contribution in [1.82, 2.24) is 5.32 Å². The molecule has 0 bridgehead atoms. The lowest BCUT2D eigenvalue weighted by Gasteiger charge is -2.21. The summed E-state index contributed by atoms with van der Waals surface area (Å²) in [6, 6.07) is 21.1. The first-order valence-electron chi connectivity index (χ1n) is 11.8. The molecule has 1 atom stereocenters. The Kier molecular flexibility index (Phi) is 9.73. The molecule has 0 aromatic heterocycles. The van der Waals surface area contributed by atoms with E-state index >= 15 is 0 Å². The molecule has 0 aliphatic rings. The van der Waals surface area contributed by atoms with Crippen LogP contribution in [0.4, 0.5) is 10.5 Å². The van der Waals surface area contributed by atoms with Gasteiger partial charge in [0.2, 0.25) is 0 Å². The summed E-state index contributed by atoms with van der Waals surface area (Å²) >= 11 is 6.27. The molecule has 3 aromatic rings. The van der Waals surface area contributed by atoms with E-state index in [4.69, 9.17) is 16.3 Å². The molecule has 0 saturated heterocycles. The van der Waals surface area contributed by atoms with E-state index < -0.39 is 6.09 Å². The molecule has 7 nitrogen and oxygen atoms in total. The molecule has 1 unspecified atom stereocenters. The molecule has 0 fully saturated rings. The van der Waals surface area contributed by atoms with Gasteiger partial charge in [0.15, 0.2) is 0 Å². The highest BCUT2D eigenvalue weighted by Gasteiger charge is 2.18. The number of aliphatic hydroxyl groups is 1. The summed E-state index contributed by atoms with van der Waals surface area (Å²) < 4.78 is 5.62. The maximum atomic E-state index is 12.8. The quantitative estimate of drug-likeness (QED) is 0.315. The molecular weight excluding hydrogens is 480 g/mol. The predicted octanol–water partition coefficient (Wildman–Crippen LogP) is 5.54. The van der Waals surface area contributed by atoms with Crippen LogP contribution >= 0.6 is 11.6 Å². The fraction of sp³-hybridized carbons (Fsp3) is 0.286. The van der Waals surface area contributed by atoms with Crippen LogP contribution in [0, 0.1) is 0 Å². The fourth-order valence-electron chi connectivity index (χ4n) is 3.77. The van der Waals surface area contributed by atoms with E-state index in [1.54, 1.807) is 30.3 Å². The van der Waals surface area contributed by atoms with E-state index in [2.05, 4.69) is 5.32 Å². The zero-order chi connectivity index (χ0) is 26.1. The number of amides is 2. The van der Waals surface area contributed by atoms with Gasteiger partial charge in [-0.25, -0.2) is 4.79 Å². The lowest BCUT2D eigenvalue weighted by molar-refractivity contribution is 0.0930. The normalized spacial score (nSPS) is 11.7. The molecule has 0 aliphatic carbocycles. The van der Waals surface area contributed by atoms with Crippen molar-refractivity contribution in [3.63, 3.8) is 0 Å². The predicted molar refractivity (Wildman–Crippen MR) is 141 cm³/mol. The Morgan fingerprint density at radius 2 is 1.69 bits per heavy atom. The van der Waals surface area contributed by atoms with Gasteiger partial charge in [0, 0.05) is 23.9 Å². The Hall–Kier alpha value is -3.55. The summed E-state index contributed by atoms with van der Waals surface area (Å²) in [5, 5.41) is 22.5. The third-order valence-electron chi connectivity index (χ3n) is 5.51. The summed E-state index contributed by atoms with van der Waals surface area (Å²) in [5.41, 5.74) is 2.74. The largest absolute Gasteiger partial charge is 0.489 e. The number of benzene rings is 3. The van der Waals surface area contributed by atoms with Crippen LogP contribution in [-0.2, 0) is 13.0 Å². The van der Waals surface area contributed by atoms with E-state index in [0.29, 0.717) is 34.9 Å². The van der Waals surface area contributed by atoms with Crippen molar-refractivity contribution in [3.05, 3.63) is 94.5 Å². The van der Waals surface area contributed by atoms with Crippen molar-refractivity contribution in [2.45, 2.75) is 45.4 Å². The summed E-state index contributed by atoms with van der Waals surface area (Å²) in [5.74, 6) is 0.209. The number of anilines is 1. The minimum Gasteiger partial charge on any atom is -0.489 e. The average Bonchev–Trinajstić information content (AvgIpc) is 2.84. The van der Waals surface area contributed by atoms with Gasteiger partial charge in [-0.3, -0.25) is 9.69 Å². The molecule has 3 rings (SSSR count). The van der Waals surface area contributed by atoms with Crippen LogP contribution in [0.1, 0.15) is 41.8 Å². The first kappa shape index (κ1) is 27.0. The highest BCUT2D eigenvalue weighted by atomic mass is 35.5. The molecule has 3 aromatic carbocycles. The van der Waals surface area contributed by atoms with Gasteiger partial charge in [-0.2, -0.15) is 0 Å². The number of aliphatic hydroxyl groups excluding tert-OH is 1. The van der Waals surface area contributed by atoms with Crippen molar-refractivity contribution >= 4 is 29.3 Å². The van der Waals surface area contributed by atoms with Crippen molar-refractivity contribution < 1.29 is 24.5 Å². The minimum absolute atomic E-state index is 0.0385. The highest BCUT2D eigenvalue weighted by Crippen LogP contribution is 2.26. The van der Waals surface area contributed by atoms with Gasteiger partial charge >= 0.3 is 6.09 Å². The minimum atomic E-state index is -1.04. The number of carbonyl (C=O) groups is 2. The maximum absolute atomic E-state index is 12.8. The molecule has 0 saturated carbocycles. The molecule has 2 amide bonds. The molecule has 8 heteroatoms. The first-order chi connectivity index (χ1) is 17.3. The number of rotatable bonds is 11. The number of carbonyl (C=O) groups excluding carboxylic acids is 1. The maximum Gasteiger partial charge on any atom is 0.412 e. The number of nitrogens with one attached hydrogen (secondary N) is 1. The molecule has 0 radical (unpaired) electrons. The van der Waals surface area contributed by atoms with E-state index in [-0.39, 0.29) is 31.2 Å². The summed E-state index contributed by atoms with van der Waals surface area (Å²) in [7, 11) is 0. The van der Waals surface area contributed by atoms with Crippen LogP contribution in [-0.4, -0.2) is 41.0 Å². The van der Waals surface area contributed by atoms with E-state index in [9.17, 15) is 19.8 Å². The van der Waals surface area contributed by atoms with Crippen molar-refractivity contribution in [1.29, 1.82) is 0 Å². The number of carboxylic acid groups (broad SMARTS) is 1. The second-order valence-electron chi connectivity index (χ2n) is 8.72. The van der Waals surface area contributed by atoms with Gasteiger partial charge in [-0.1, -0.05) is 54.1 Å². The van der Waals surface area contributed by atoms with E-state index in [1.807, 2.05) is 56.3 Å². The third kappa shape index (κ3) is 7.73. The number of halogens is 1. The second-order valence-corrected chi connectivity index (χ2v) is 9.13. The average molecular weight is 511 g/mol. The fourth-order valence-corrected chi connectivity index (χ4v) is 4.00. The smallest absolute Gasteiger partial charge is 0.412 e. The van der Waals surface area contributed by atoms with Crippen LogP contribution in [0.25, 0.3) is 0 Å². The van der Waals surface area contributed by atoms with Gasteiger partial charge in [0.25, 0.3) is 5.91 Å². The van der Waals surface area contributed by atoms with Crippen LogP contribution in [0.5, 0.6) is 5.75 Å². The molecule has 0 heterocycles. The van der Waals surface area contributed by atoms with Crippen LogP contribution in [0.2, 0.25) is 5.02 Å². The number of nitrogens with zero attached hydrogens (tertiary/aromatic N) is 1. The number of hydrogen-bond donors (Lipinski definition) is 3. The van der Waals surface area contributed by atoms with Crippen molar-refractivity contribution in [3.8, 4) is 5.75 Å². The highest BCUT2D eigenvalue weighted by molar-refractivity contribution is 6.32. The standard InChI is InChI=1S/C28H31ClN2O5/c1-19(2)36-26-13-10-22(17-25(26)29)27(33)30-23(14-15-32)16-20-8-11-24(12-9-20)31(28(34)35)18-21-6-4-3-5-7-21/h3-13,17,19,23,32H,14-16,18H2,1-2H3,(H,30,33)(H,34,35). The number of hydrogen-bond acceptors (Lipinski definition) is 4. The monoisotopic (exact) mass is 510 g/mol. The summed E-state index contributed by atoms with van der Waals surface area (Å²) in [4.78, 5) is 26.0. The molecule has 190 valence electrons. The third-order valence-corrected chi connectivity index (χ3v) is 5.81. The molecule has 0 spiro atoms. The zero-order valence-corrected chi connectivity index (χ0v) is 21.1. The molecule has 36 heavy (non-hydrogen) atoms. The van der Waals surface area contributed by atoms with Crippen LogP contribution < -0.4 is 15.0 Å². The van der Waals surface area contributed by atoms with Crippen LogP contribution in [0.3, 0.4) is 0 Å². The lowest BCUT2D eigenvalue weighted by Crippen LogP contribution is -2.37. The SMILES string of the molecule is CC(C)Oc1ccc(C(=O)NC(CCO)Cc2ccc(N(Cc3ccccc3)C(=O)O)cc2)cc1Cl. The Bertz CT molecular complexity index is 1150. The van der Waals surface area contributed by atoms with Crippen molar-refractivity contribution in [2.24, 2.45) is 0 Å². The van der Waals surface area contributed by atoms with Gasteiger partial charge in [0.1, 0.15) is 5.75 Å². The molecular formula is C28H31ClN2O5. The van der Waals surface area contributed by atoms with Gasteiger partial charge in [-0.05, 0) is 68.1 Å². The van der Waals surface area contributed by atoms with E-state index in [0.717, 1.165) is 11.1 Å². The van der Waals surface area contributed by atoms with Gasteiger partial charge < -0.3 is 20.3 Å². The zero-order valence-electron chi connectivity index (χ0n) is 20.4. The Morgan fingerprint density at radius 3 is 2.28 bits per heavy atom. The topological polar surface area (TPSA) is 99.1 Å². The second kappa shape index (κ2) is 13.0. The Labute approximate surface area is 216 Å². The van der Waals surface area contributed by atoms with Crippen LogP contribution in [0.15, 0.2) is 72.8 Å². The van der Waals surface area contributed by atoms with Gasteiger partial charge in [0.05, 0.1) is 17.7 Å². The Balaban J connectivity index is 1.67. The Morgan fingerprint density at radius 1 is 1.00 bits per heavy atom. The first-order valence-corrected chi connectivity index (χ1v) is 12.2.